The van der Waals surface area contributed by atoms with Crippen molar-refractivity contribution >= 4 is 12.0 Å². The number of benzene rings is 1. The lowest BCUT2D eigenvalue weighted by atomic mass is 10.1. The zero-order valence-corrected chi connectivity index (χ0v) is 8.69. The summed E-state index contributed by atoms with van der Waals surface area (Å²) in [4.78, 5) is 21.8. The van der Waals surface area contributed by atoms with Gasteiger partial charge in [-0.3, -0.25) is 5.21 Å². The Labute approximate surface area is 92.2 Å². The maximum Gasteiger partial charge on any atom is 0.338 e. The van der Waals surface area contributed by atoms with E-state index >= 15 is 0 Å². The highest BCUT2D eigenvalue weighted by molar-refractivity contribution is 5.89. The van der Waals surface area contributed by atoms with Crippen LogP contribution in [0.3, 0.4) is 0 Å². The molecule has 0 bridgehead atoms. The molecule has 0 aromatic heterocycles. The van der Waals surface area contributed by atoms with Gasteiger partial charge in [0.15, 0.2) is 0 Å². The second-order valence-electron chi connectivity index (χ2n) is 2.98. The second-order valence-corrected chi connectivity index (χ2v) is 2.98. The number of ether oxygens (including phenoxy) is 1. The zero-order chi connectivity index (χ0) is 12.0. The molecule has 16 heavy (non-hydrogen) atoms. The third-order valence-corrected chi connectivity index (χ3v) is 1.93. The molecule has 0 aliphatic rings. The van der Waals surface area contributed by atoms with Gasteiger partial charge in [0.05, 0.1) is 12.7 Å². The fraction of sp³-hybridized carbons (Fsp3) is 0.200. The zero-order valence-electron chi connectivity index (χ0n) is 8.69. The van der Waals surface area contributed by atoms with Crippen molar-refractivity contribution in [1.82, 2.24) is 10.8 Å². The van der Waals surface area contributed by atoms with E-state index in [1.165, 1.54) is 12.6 Å². The van der Waals surface area contributed by atoms with E-state index < -0.39 is 12.0 Å². The van der Waals surface area contributed by atoms with Crippen LogP contribution in [0.25, 0.3) is 0 Å². The van der Waals surface area contributed by atoms with Crippen LogP contribution >= 0.6 is 0 Å². The molecule has 0 spiro atoms. The highest BCUT2D eigenvalue weighted by Gasteiger charge is 2.04. The summed E-state index contributed by atoms with van der Waals surface area (Å²) in [5, 5.41) is 10.6. The van der Waals surface area contributed by atoms with E-state index in [2.05, 4.69) is 10.1 Å². The largest absolute Gasteiger partial charge is 0.465 e. The van der Waals surface area contributed by atoms with Crippen molar-refractivity contribution in [2.45, 2.75) is 6.54 Å². The van der Waals surface area contributed by atoms with E-state index in [0.717, 1.165) is 5.56 Å². The van der Waals surface area contributed by atoms with E-state index in [1.807, 2.05) is 0 Å². The fourth-order valence-corrected chi connectivity index (χ4v) is 1.10. The summed E-state index contributed by atoms with van der Waals surface area (Å²) in [5.74, 6) is -0.410. The van der Waals surface area contributed by atoms with Crippen molar-refractivity contribution in [2.24, 2.45) is 0 Å². The average Bonchev–Trinajstić information content (AvgIpc) is 2.35. The van der Waals surface area contributed by atoms with E-state index in [4.69, 9.17) is 5.21 Å². The first-order chi connectivity index (χ1) is 7.67. The third-order valence-electron chi connectivity index (χ3n) is 1.93. The van der Waals surface area contributed by atoms with Gasteiger partial charge in [-0.25, -0.2) is 15.1 Å². The Morgan fingerprint density at radius 1 is 1.31 bits per heavy atom. The standard InChI is InChI=1S/C10H12N2O4/c1-16-9(13)8-4-2-7(3-5-8)6-11-10(14)12-15/h2-5,15H,6H2,1H3,(H2,11,12,14). The molecule has 2 amide bonds. The molecule has 0 saturated heterocycles. The van der Waals surface area contributed by atoms with Crippen LogP contribution in [0.5, 0.6) is 0 Å². The molecule has 0 atom stereocenters. The Hall–Kier alpha value is -2.08. The number of amides is 2. The number of hydroxylamine groups is 1. The van der Waals surface area contributed by atoms with Crippen molar-refractivity contribution in [1.29, 1.82) is 0 Å². The molecule has 0 aliphatic heterocycles. The number of methoxy groups -OCH3 is 1. The van der Waals surface area contributed by atoms with Crippen LogP contribution in [0.1, 0.15) is 15.9 Å². The lowest BCUT2D eigenvalue weighted by Gasteiger charge is -2.04. The Kier molecular flexibility index (Phi) is 4.28. The van der Waals surface area contributed by atoms with Gasteiger partial charge in [-0.05, 0) is 17.7 Å². The van der Waals surface area contributed by atoms with Crippen molar-refractivity contribution < 1.29 is 19.5 Å². The summed E-state index contributed by atoms with van der Waals surface area (Å²) in [5.41, 5.74) is 2.69. The van der Waals surface area contributed by atoms with E-state index in [-0.39, 0.29) is 6.54 Å². The minimum atomic E-state index is -0.683. The van der Waals surface area contributed by atoms with Crippen LogP contribution in [0.15, 0.2) is 24.3 Å². The first kappa shape index (κ1) is 12.0. The van der Waals surface area contributed by atoms with Crippen LogP contribution in [0.2, 0.25) is 0 Å². The molecular weight excluding hydrogens is 212 g/mol. The van der Waals surface area contributed by atoms with E-state index in [1.54, 1.807) is 24.3 Å². The lowest BCUT2D eigenvalue weighted by molar-refractivity contribution is 0.0600. The summed E-state index contributed by atoms with van der Waals surface area (Å²) in [7, 11) is 1.31. The van der Waals surface area contributed by atoms with Gasteiger partial charge in [-0.15, -0.1) is 0 Å². The van der Waals surface area contributed by atoms with Gasteiger partial charge in [0.25, 0.3) is 0 Å². The van der Waals surface area contributed by atoms with Crippen molar-refractivity contribution in [2.75, 3.05) is 7.11 Å². The molecule has 0 radical (unpaired) electrons. The van der Waals surface area contributed by atoms with E-state index in [0.29, 0.717) is 5.56 Å². The molecule has 0 saturated carbocycles. The molecule has 1 aromatic rings. The number of carbonyl (C=O) groups excluding carboxylic acids is 2. The number of rotatable bonds is 3. The summed E-state index contributed by atoms with van der Waals surface area (Å²) >= 11 is 0. The van der Waals surface area contributed by atoms with Gasteiger partial charge in [0, 0.05) is 6.54 Å². The normalized spacial score (nSPS) is 9.38. The first-order valence-electron chi connectivity index (χ1n) is 4.52. The number of esters is 1. The maximum atomic E-state index is 11.1. The molecule has 0 aliphatic carbocycles. The van der Waals surface area contributed by atoms with Crippen LogP contribution in [0, 0.1) is 0 Å². The third kappa shape index (κ3) is 3.25. The SMILES string of the molecule is COC(=O)c1ccc(CNC(=O)NO)cc1. The molecular formula is C10H12N2O4. The van der Waals surface area contributed by atoms with Crippen LogP contribution in [-0.4, -0.2) is 24.3 Å². The molecule has 6 nitrogen and oxygen atoms in total. The number of carbonyl (C=O) groups is 2. The number of hydrogen-bond donors (Lipinski definition) is 3. The van der Waals surface area contributed by atoms with Crippen molar-refractivity contribution in [3.8, 4) is 0 Å². The van der Waals surface area contributed by atoms with Gasteiger partial charge < -0.3 is 10.1 Å². The Balaban J connectivity index is 2.58. The Bertz CT molecular complexity index is 375. The van der Waals surface area contributed by atoms with Gasteiger partial charge in [0.1, 0.15) is 0 Å². The smallest absolute Gasteiger partial charge is 0.338 e. The lowest BCUT2D eigenvalue weighted by Crippen LogP contribution is -2.32. The predicted octanol–water partition coefficient (Wildman–Crippen LogP) is 0.662. The Morgan fingerprint density at radius 2 is 1.94 bits per heavy atom. The quantitative estimate of drug-likeness (QED) is 0.400. The van der Waals surface area contributed by atoms with Crippen molar-refractivity contribution in [3.05, 3.63) is 35.4 Å². The first-order valence-corrected chi connectivity index (χ1v) is 4.52. The van der Waals surface area contributed by atoms with Crippen LogP contribution in [0.4, 0.5) is 4.79 Å². The molecule has 1 rings (SSSR count). The van der Waals surface area contributed by atoms with Crippen LogP contribution in [-0.2, 0) is 11.3 Å². The van der Waals surface area contributed by atoms with Gasteiger partial charge in [0.2, 0.25) is 0 Å². The summed E-state index contributed by atoms with van der Waals surface area (Å²) in [6.45, 7) is 0.258. The van der Waals surface area contributed by atoms with Gasteiger partial charge in [-0.1, -0.05) is 12.1 Å². The monoisotopic (exact) mass is 224 g/mol. The number of urea groups is 1. The maximum absolute atomic E-state index is 11.1. The van der Waals surface area contributed by atoms with Crippen molar-refractivity contribution in [3.63, 3.8) is 0 Å². The Morgan fingerprint density at radius 3 is 2.44 bits per heavy atom. The molecule has 0 heterocycles. The fourth-order valence-electron chi connectivity index (χ4n) is 1.10. The minimum absolute atomic E-state index is 0.258. The molecule has 1 aromatic carbocycles. The summed E-state index contributed by atoms with van der Waals surface area (Å²) < 4.78 is 4.54. The summed E-state index contributed by atoms with van der Waals surface area (Å²) in [6, 6.07) is 5.88. The predicted molar refractivity (Wildman–Crippen MR) is 54.9 cm³/mol. The highest BCUT2D eigenvalue weighted by Crippen LogP contribution is 2.05. The average molecular weight is 224 g/mol. The van der Waals surface area contributed by atoms with E-state index in [9.17, 15) is 9.59 Å². The molecule has 0 unspecified atom stereocenters. The molecule has 86 valence electrons. The number of nitrogens with one attached hydrogen (secondary N) is 2. The van der Waals surface area contributed by atoms with Gasteiger partial charge in [-0.2, -0.15) is 0 Å². The molecule has 0 fully saturated rings. The molecule has 3 N–H and O–H groups in total. The number of hydrogen-bond acceptors (Lipinski definition) is 4. The second kappa shape index (κ2) is 5.72. The van der Waals surface area contributed by atoms with Gasteiger partial charge >= 0.3 is 12.0 Å². The highest BCUT2D eigenvalue weighted by atomic mass is 16.5. The molecule has 6 heteroatoms. The summed E-state index contributed by atoms with van der Waals surface area (Å²) in [6.07, 6.45) is 0. The topological polar surface area (TPSA) is 87.7 Å². The minimum Gasteiger partial charge on any atom is -0.465 e. The van der Waals surface area contributed by atoms with Crippen LogP contribution < -0.4 is 10.8 Å².